The van der Waals surface area contributed by atoms with E-state index in [0.29, 0.717) is 32.5 Å². The number of nitrogens with zero attached hydrogens (tertiary/aromatic N) is 1. The van der Waals surface area contributed by atoms with Crippen LogP contribution in [0.2, 0.25) is 0 Å². The predicted octanol–water partition coefficient (Wildman–Crippen LogP) is 1.31. The zero-order valence-corrected chi connectivity index (χ0v) is 12.1. The zero-order chi connectivity index (χ0) is 14.6. The molecule has 0 aromatic carbocycles. The number of nitrogens with one attached hydrogen (secondary N) is 1. The molecule has 0 spiro atoms. The molecule has 2 aliphatic heterocycles. The maximum absolute atomic E-state index is 12.1. The molecule has 2 N–H and O–H groups in total. The maximum atomic E-state index is 12.1. The molecule has 0 aliphatic carbocycles. The molecule has 2 fully saturated rings. The van der Waals surface area contributed by atoms with E-state index in [-0.39, 0.29) is 17.4 Å². The lowest BCUT2D eigenvalue weighted by molar-refractivity contribution is -0.143. The van der Waals surface area contributed by atoms with Crippen molar-refractivity contribution in [3.63, 3.8) is 0 Å². The van der Waals surface area contributed by atoms with Crippen LogP contribution in [-0.4, -0.2) is 54.9 Å². The third-order valence-corrected chi connectivity index (χ3v) is 4.50. The van der Waals surface area contributed by atoms with Crippen LogP contribution in [0, 0.1) is 11.3 Å². The zero-order valence-electron chi connectivity index (χ0n) is 12.1. The van der Waals surface area contributed by atoms with Crippen LogP contribution < -0.4 is 5.32 Å². The smallest absolute Gasteiger partial charge is 0.317 e. The molecule has 0 saturated carbocycles. The Morgan fingerprint density at radius 3 is 2.45 bits per heavy atom. The lowest BCUT2D eigenvalue weighted by Crippen LogP contribution is -2.48. The average Bonchev–Trinajstić information content (AvgIpc) is 2.46. The Morgan fingerprint density at radius 1 is 1.30 bits per heavy atom. The Balaban J connectivity index is 1.74. The molecule has 20 heavy (non-hydrogen) atoms. The number of ether oxygens (including phenoxy) is 1. The third-order valence-electron chi connectivity index (χ3n) is 4.50. The van der Waals surface area contributed by atoms with Crippen molar-refractivity contribution in [3.05, 3.63) is 0 Å². The molecule has 6 nitrogen and oxygen atoms in total. The number of amides is 2. The minimum atomic E-state index is -0.750. The minimum Gasteiger partial charge on any atom is -0.481 e. The van der Waals surface area contributed by atoms with Gasteiger partial charge in [-0.1, -0.05) is 6.92 Å². The summed E-state index contributed by atoms with van der Waals surface area (Å²) in [5.74, 6) is -1.05. The standard InChI is InChI=1S/C14H24N2O4/c1-14(4-8-20-9-5-14)10-15-13(19)16-6-2-11(3-7-16)12(17)18/h11H,2-10H2,1H3,(H,15,19)(H,17,18). The molecule has 114 valence electrons. The van der Waals surface area contributed by atoms with E-state index in [1.807, 2.05) is 0 Å². The number of urea groups is 1. The maximum Gasteiger partial charge on any atom is 0.317 e. The number of aliphatic carboxylic acids is 1. The Hall–Kier alpha value is -1.30. The molecule has 0 radical (unpaired) electrons. The van der Waals surface area contributed by atoms with Gasteiger partial charge in [0, 0.05) is 32.8 Å². The fraction of sp³-hybridized carbons (Fsp3) is 0.857. The second-order valence-corrected chi connectivity index (χ2v) is 6.18. The summed E-state index contributed by atoms with van der Waals surface area (Å²) in [4.78, 5) is 24.7. The Bertz CT molecular complexity index is 358. The number of piperidine rings is 1. The van der Waals surface area contributed by atoms with Crippen LogP contribution in [0.1, 0.15) is 32.6 Å². The first-order valence-corrected chi connectivity index (χ1v) is 7.33. The van der Waals surface area contributed by atoms with E-state index in [0.717, 1.165) is 26.1 Å². The molecule has 0 aromatic rings. The van der Waals surface area contributed by atoms with Gasteiger partial charge in [0.2, 0.25) is 0 Å². The van der Waals surface area contributed by atoms with Gasteiger partial charge in [0.05, 0.1) is 5.92 Å². The van der Waals surface area contributed by atoms with Crippen molar-refractivity contribution in [3.8, 4) is 0 Å². The van der Waals surface area contributed by atoms with Gasteiger partial charge >= 0.3 is 12.0 Å². The van der Waals surface area contributed by atoms with Crippen LogP contribution in [0.15, 0.2) is 0 Å². The summed E-state index contributed by atoms with van der Waals surface area (Å²) in [6.07, 6.45) is 3.03. The summed E-state index contributed by atoms with van der Waals surface area (Å²) in [5.41, 5.74) is 0.118. The molecule has 0 unspecified atom stereocenters. The molecular formula is C14H24N2O4. The normalized spacial score (nSPS) is 23.4. The largest absolute Gasteiger partial charge is 0.481 e. The number of carbonyl (C=O) groups is 2. The predicted molar refractivity (Wildman–Crippen MR) is 73.5 cm³/mol. The highest BCUT2D eigenvalue weighted by atomic mass is 16.5. The number of likely N-dealkylation sites (tertiary alicyclic amines) is 1. The van der Waals surface area contributed by atoms with E-state index >= 15 is 0 Å². The molecule has 2 rings (SSSR count). The van der Waals surface area contributed by atoms with Gasteiger partial charge in [0.25, 0.3) is 0 Å². The van der Waals surface area contributed by atoms with Crippen LogP contribution >= 0.6 is 0 Å². The molecule has 2 amide bonds. The monoisotopic (exact) mass is 284 g/mol. The van der Waals surface area contributed by atoms with Crippen molar-refractivity contribution < 1.29 is 19.4 Å². The SMILES string of the molecule is CC1(CNC(=O)N2CCC(C(=O)O)CC2)CCOCC1. The second-order valence-electron chi connectivity index (χ2n) is 6.18. The van der Waals surface area contributed by atoms with Gasteiger partial charge in [-0.2, -0.15) is 0 Å². The lowest BCUT2D eigenvalue weighted by Gasteiger charge is -2.35. The van der Waals surface area contributed by atoms with Crippen LogP contribution in [0.4, 0.5) is 4.79 Å². The van der Waals surface area contributed by atoms with Crippen LogP contribution in [0.25, 0.3) is 0 Å². The van der Waals surface area contributed by atoms with E-state index in [2.05, 4.69) is 12.2 Å². The highest BCUT2D eigenvalue weighted by Gasteiger charge is 2.30. The number of hydrogen-bond donors (Lipinski definition) is 2. The summed E-state index contributed by atoms with van der Waals surface area (Å²) >= 11 is 0. The van der Waals surface area contributed by atoms with E-state index < -0.39 is 5.97 Å². The molecule has 2 heterocycles. The van der Waals surface area contributed by atoms with E-state index in [4.69, 9.17) is 9.84 Å². The average molecular weight is 284 g/mol. The van der Waals surface area contributed by atoms with E-state index in [1.54, 1.807) is 4.90 Å². The number of rotatable bonds is 3. The summed E-state index contributed by atoms with van der Waals surface area (Å²) in [6, 6.07) is -0.0680. The summed E-state index contributed by atoms with van der Waals surface area (Å²) in [7, 11) is 0. The van der Waals surface area contributed by atoms with Crippen LogP contribution in [0.3, 0.4) is 0 Å². The first kappa shape index (κ1) is 15.1. The number of hydrogen-bond acceptors (Lipinski definition) is 3. The van der Waals surface area contributed by atoms with Crippen molar-refractivity contribution in [2.75, 3.05) is 32.8 Å². The van der Waals surface area contributed by atoms with Gasteiger partial charge in [-0.25, -0.2) is 4.79 Å². The molecule has 0 aromatic heterocycles. The van der Waals surface area contributed by atoms with Gasteiger partial charge in [-0.05, 0) is 31.1 Å². The molecule has 0 atom stereocenters. The summed E-state index contributed by atoms with van der Waals surface area (Å²) in [5, 5.41) is 11.9. The Labute approximate surface area is 119 Å². The Kier molecular flexibility index (Phi) is 4.86. The number of carbonyl (C=O) groups excluding carboxylic acids is 1. The van der Waals surface area contributed by atoms with Crippen molar-refractivity contribution >= 4 is 12.0 Å². The molecule has 2 aliphatic rings. The van der Waals surface area contributed by atoms with Crippen molar-refractivity contribution in [2.45, 2.75) is 32.6 Å². The van der Waals surface area contributed by atoms with Crippen LogP contribution in [-0.2, 0) is 9.53 Å². The molecule has 0 bridgehead atoms. The minimum absolute atomic E-state index is 0.0680. The van der Waals surface area contributed by atoms with Gasteiger partial charge in [0.1, 0.15) is 0 Å². The van der Waals surface area contributed by atoms with Crippen molar-refractivity contribution in [1.29, 1.82) is 0 Å². The first-order chi connectivity index (χ1) is 9.50. The summed E-state index contributed by atoms with van der Waals surface area (Å²) in [6.45, 7) is 5.42. The lowest BCUT2D eigenvalue weighted by atomic mass is 9.82. The highest BCUT2D eigenvalue weighted by molar-refractivity contribution is 5.75. The fourth-order valence-corrected chi connectivity index (χ4v) is 2.77. The summed E-state index contributed by atoms with van der Waals surface area (Å²) < 4.78 is 5.34. The molecule has 6 heteroatoms. The Morgan fingerprint density at radius 2 is 1.90 bits per heavy atom. The highest BCUT2D eigenvalue weighted by Crippen LogP contribution is 2.28. The van der Waals surface area contributed by atoms with E-state index in [1.165, 1.54) is 0 Å². The molecule has 2 saturated heterocycles. The van der Waals surface area contributed by atoms with Gasteiger partial charge < -0.3 is 20.1 Å². The van der Waals surface area contributed by atoms with Gasteiger partial charge in [0.15, 0.2) is 0 Å². The number of carboxylic acids is 1. The van der Waals surface area contributed by atoms with Crippen molar-refractivity contribution in [2.24, 2.45) is 11.3 Å². The van der Waals surface area contributed by atoms with Crippen molar-refractivity contribution in [1.82, 2.24) is 10.2 Å². The second kappa shape index (κ2) is 6.43. The van der Waals surface area contributed by atoms with Gasteiger partial charge in [-0.15, -0.1) is 0 Å². The van der Waals surface area contributed by atoms with Gasteiger partial charge in [-0.3, -0.25) is 4.79 Å². The topological polar surface area (TPSA) is 78.9 Å². The van der Waals surface area contributed by atoms with Crippen LogP contribution in [0.5, 0.6) is 0 Å². The number of carboxylic acid groups (broad SMARTS) is 1. The third kappa shape index (κ3) is 3.85. The first-order valence-electron chi connectivity index (χ1n) is 7.33. The van der Waals surface area contributed by atoms with E-state index in [9.17, 15) is 9.59 Å². The fourth-order valence-electron chi connectivity index (χ4n) is 2.77. The molecular weight excluding hydrogens is 260 g/mol. The quantitative estimate of drug-likeness (QED) is 0.819.